The summed E-state index contributed by atoms with van der Waals surface area (Å²) in [4.78, 5) is 4.77. The molecule has 2 N–H and O–H groups in total. The molecule has 6 heteroatoms. The van der Waals surface area contributed by atoms with Gasteiger partial charge in [0, 0.05) is 29.2 Å². The van der Waals surface area contributed by atoms with Crippen molar-refractivity contribution >= 4 is 10.9 Å². The summed E-state index contributed by atoms with van der Waals surface area (Å²) in [6.07, 6.45) is 0.627. The standard InChI is InChI=1S/C15H17F3N2O/c1-9-4-12-11-3-2-10(16)5-13(11)19-14(12)6-20(9)7-15(17,18)8-21/h2-3,5,9,19,21H,4,6-8H2,1H3/t9-/m1/s1. The maximum Gasteiger partial charge on any atom is 0.283 e. The number of rotatable bonds is 3. The van der Waals surface area contributed by atoms with Gasteiger partial charge in [0.2, 0.25) is 0 Å². The van der Waals surface area contributed by atoms with Crippen LogP contribution >= 0.6 is 0 Å². The number of hydrogen-bond acceptors (Lipinski definition) is 2. The summed E-state index contributed by atoms with van der Waals surface area (Å²) in [6, 6.07) is 4.50. The Labute approximate surface area is 120 Å². The Bertz CT molecular complexity index is 668. The molecule has 0 radical (unpaired) electrons. The zero-order chi connectivity index (χ0) is 15.2. The first-order valence-electron chi connectivity index (χ1n) is 6.91. The highest BCUT2D eigenvalue weighted by Gasteiger charge is 2.35. The predicted octanol–water partition coefficient (Wildman–Crippen LogP) is 2.68. The molecule has 1 aliphatic rings. The van der Waals surface area contributed by atoms with Gasteiger partial charge < -0.3 is 10.1 Å². The number of halogens is 3. The second-order valence-electron chi connectivity index (χ2n) is 5.74. The van der Waals surface area contributed by atoms with Gasteiger partial charge in [0.15, 0.2) is 0 Å². The van der Waals surface area contributed by atoms with Crippen molar-refractivity contribution in [2.75, 3.05) is 13.2 Å². The number of nitrogens with zero attached hydrogens (tertiary/aromatic N) is 1. The Morgan fingerprint density at radius 2 is 2.19 bits per heavy atom. The predicted molar refractivity (Wildman–Crippen MR) is 73.9 cm³/mol. The van der Waals surface area contributed by atoms with Crippen LogP contribution in [0.1, 0.15) is 18.2 Å². The van der Waals surface area contributed by atoms with Gasteiger partial charge in [-0.1, -0.05) is 0 Å². The van der Waals surface area contributed by atoms with E-state index in [9.17, 15) is 13.2 Å². The van der Waals surface area contributed by atoms with Crippen LogP contribution < -0.4 is 0 Å². The topological polar surface area (TPSA) is 39.3 Å². The summed E-state index contributed by atoms with van der Waals surface area (Å²) in [5.41, 5.74) is 2.62. The highest BCUT2D eigenvalue weighted by Crippen LogP contribution is 2.31. The Hall–Kier alpha value is -1.53. The fourth-order valence-corrected chi connectivity index (χ4v) is 2.99. The third-order valence-electron chi connectivity index (χ3n) is 4.11. The van der Waals surface area contributed by atoms with E-state index in [1.807, 2.05) is 6.92 Å². The molecule has 114 valence electrons. The van der Waals surface area contributed by atoms with Gasteiger partial charge >= 0.3 is 0 Å². The monoisotopic (exact) mass is 298 g/mol. The van der Waals surface area contributed by atoms with Crippen LogP contribution in [0.25, 0.3) is 10.9 Å². The van der Waals surface area contributed by atoms with Gasteiger partial charge in [-0.2, -0.15) is 0 Å². The van der Waals surface area contributed by atoms with E-state index in [0.29, 0.717) is 18.5 Å². The van der Waals surface area contributed by atoms with Crippen molar-refractivity contribution in [2.24, 2.45) is 0 Å². The number of fused-ring (bicyclic) bond motifs is 3. The average molecular weight is 298 g/mol. The summed E-state index contributed by atoms with van der Waals surface area (Å²) < 4.78 is 40.1. The minimum absolute atomic E-state index is 0.0565. The summed E-state index contributed by atoms with van der Waals surface area (Å²) in [6.45, 7) is 0.607. The zero-order valence-corrected chi connectivity index (χ0v) is 11.7. The van der Waals surface area contributed by atoms with Crippen LogP contribution in [0.4, 0.5) is 13.2 Å². The van der Waals surface area contributed by atoms with Crippen LogP contribution in [0.5, 0.6) is 0 Å². The van der Waals surface area contributed by atoms with Crippen molar-refractivity contribution in [3.05, 3.63) is 35.3 Å². The number of benzene rings is 1. The molecule has 0 saturated carbocycles. The minimum Gasteiger partial charge on any atom is -0.390 e. The van der Waals surface area contributed by atoms with E-state index >= 15 is 0 Å². The Balaban J connectivity index is 1.92. The minimum atomic E-state index is -3.11. The molecule has 3 rings (SSSR count). The zero-order valence-electron chi connectivity index (χ0n) is 11.7. The Kier molecular flexibility index (Phi) is 3.45. The summed E-state index contributed by atoms with van der Waals surface area (Å²) in [7, 11) is 0. The van der Waals surface area contributed by atoms with E-state index in [4.69, 9.17) is 5.11 Å². The summed E-state index contributed by atoms with van der Waals surface area (Å²) in [5.74, 6) is -3.43. The van der Waals surface area contributed by atoms with Crippen molar-refractivity contribution in [1.29, 1.82) is 0 Å². The van der Waals surface area contributed by atoms with Gasteiger partial charge in [-0.25, -0.2) is 13.2 Å². The van der Waals surface area contributed by atoms with Gasteiger partial charge in [-0.15, -0.1) is 0 Å². The third-order valence-corrected chi connectivity index (χ3v) is 4.11. The lowest BCUT2D eigenvalue weighted by Crippen LogP contribution is -2.46. The molecule has 0 unspecified atom stereocenters. The highest BCUT2D eigenvalue weighted by molar-refractivity contribution is 5.85. The first-order chi connectivity index (χ1) is 9.89. The molecule has 1 aromatic heterocycles. The molecule has 3 nitrogen and oxygen atoms in total. The van der Waals surface area contributed by atoms with Crippen LogP contribution in [0.15, 0.2) is 18.2 Å². The molecule has 2 aromatic rings. The molecule has 2 heterocycles. The van der Waals surface area contributed by atoms with E-state index in [1.54, 1.807) is 11.0 Å². The SMILES string of the molecule is C[C@@H]1Cc2c([nH]c3cc(F)ccc23)CN1CC(F)(F)CO. The fraction of sp³-hybridized carbons (Fsp3) is 0.467. The highest BCUT2D eigenvalue weighted by atomic mass is 19.3. The quantitative estimate of drug-likeness (QED) is 0.914. The van der Waals surface area contributed by atoms with E-state index in [2.05, 4.69) is 4.98 Å². The largest absolute Gasteiger partial charge is 0.390 e. The van der Waals surface area contributed by atoms with Crippen LogP contribution in [0.3, 0.4) is 0 Å². The number of nitrogens with one attached hydrogen (secondary N) is 1. The second-order valence-corrected chi connectivity index (χ2v) is 5.74. The molecule has 0 bridgehead atoms. The first kappa shape index (κ1) is 14.4. The maximum absolute atomic E-state index is 13.4. The van der Waals surface area contributed by atoms with E-state index in [1.165, 1.54) is 12.1 Å². The van der Waals surface area contributed by atoms with Gasteiger partial charge in [0.25, 0.3) is 5.92 Å². The molecule has 1 atom stereocenters. The third kappa shape index (κ3) is 2.65. The summed E-state index contributed by atoms with van der Waals surface area (Å²) >= 11 is 0. The Morgan fingerprint density at radius 3 is 2.90 bits per heavy atom. The molecule has 0 fully saturated rings. The van der Waals surface area contributed by atoms with Crippen LogP contribution in [-0.2, 0) is 13.0 Å². The van der Waals surface area contributed by atoms with E-state index in [0.717, 1.165) is 16.6 Å². The average Bonchev–Trinajstić information content (AvgIpc) is 2.75. The molecule has 0 spiro atoms. The van der Waals surface area contributed by atoms with Crippen molar-refractivity contribution < 1.29 is 18.3 Å². The molecule has 0 aliphatic carbocycles. The molecule has 1 aromatic carbocycles. The molecular formula is C15H17F3N2O. The van der Waals surface area contributed by atoms with Crippen LogP contribution in [-0.4, -0.2) is 40.1 Å². The number of hydrogen-bond donors (Lipinski definition) is 2. The lowest BCUT2D eigenvalue weighted by molar-refractivity contribution is -0.0819. The first-order valence-corrected chi connectivity index (χ1v) is 6.91. The van der Waals surface area contributed by atoms with Gasteiger partial charge in [0.05, 0.1) is 6.54 Å². The van der Waals surface area contributed by atoms with Crippen molar-refractivity contribution in [3.8, 4) is 0 Å². The fourth-order valence-electron chi connectivity index (χ4n) is 2.99. The molecule has 0 amide bonds. The lowest BCUT2D eigenvalue weighted by atomic mass is 9.97. The Morgan fingerprint density at radius 1 is 1.43 bits per heavy atom. The molecule has 1 aliphatic heterocycles. The lowest BCUT2D eigenvalue weighted by Gasteiger charge is -2.35. The number of H-pyrrole nitrogens is 1. The van der Waals surface area contributed by atoms with Crippen molar-refractivity contribution in [1.82, 2.24) is 9.88 Å². The van der Waals surface area contributed by atoms with Crippen molar-refractivity contribution in [3.63, 3.8) is 0 Å². The molecule has 0 saturated heterocycles. The molecular weight excluding hydrogens is 281 g/mol. The number of aromatic nitrogens is 1. The van der Waals surface area contributed by atoms with Crippen LogP contribution in [0.2, 0.25) is 0 Å². The van der Waals surface area contributed by atoms with E-state index < -0.39 is 19.1 Å². The van der Waals surface area contributed by atoms with E-state index in [-0.39, 0.29) is 11.9 Å². The number of aliphatic hydroxyl groups excluding tert-OH is 1. The second kappa shape index (κ2) is 5.03. The normalized spacial score (nSPS) is 20.0. The van der Waals surface area contributed by atoms with Crippen molar-refractivity contribution in [2.45, 2.75) is 31.9 Å². The van der Waals surface area contributed by atoms with Gasteiger partial charge in [-0.3, -0.25) is 4.90 Å². The number of aliphatic hydroxyl groups is 1. The molecule has 21 heavy (non-hydrogen) atoms. The maximum atomic E-state index is 13.4. The number of aromatic amines is 1. The van der Waals surface area contributed by atoms with Gasteiger partial charge in [0.1, 0.15) is 12.4 Å². The summed E-state index contributed by atoms with van der Waals surface area (Å²) in [5, 5.41) is 9.68. The van der Waals surface area contributed by atoms with Crippen LogP contribution in [0, 0.1) is 5.82 Å². The smallest absolute Gasteiger partial charge is 0.283 e. The van der Waals surface area contributed by atoms with Gasteiger partial charge in [-0.05, 0) is 37.1 Å². The number of alkyl halides is 2.